The van der Waals surface area contributed by atoms with Crippen molar-refractivity contribution in [1.29, 1.82) is 0 Å². The van der Waals surface area contributed by atoms with Gasteiger partial charge in [0.15, 0.2) is 0 Å². The van der Waals surface area contributed by atoms with Crippen LogP contribution in [-0.4, -0.2) is 25.3 Å². The predicted octanol–water partition coefficient (Wildman–Crippen LogP) is 5.87. The van der Waals surface area contributed by atoms with Gasteiger partial charge in [0.05, 0.1) is 30.6 Å². The zero-order valence-corrected chi connectivity index (χ0v) is 19.1. The molecule has 8 heteroatoms. The molecule has 0 saturated carbocycles. The molecule has 0 bridgehead atoms. The number of rotatable bonds is 3. The molecule has 3 aromatic carbocycles. The smallest absolute Gasteiger partial charge is 0.336 e. The van der Waals surface area contributed by atoms with Gasteiger partial charge in [-0.3, -0.25) is 4.79 Å². The first-order chi connectivity index (χ1) is 14.3. The zero-order valence-electron chi connectivity index (χ0n) is 15.9. The molecule has 0 amide bonds. The number of carboxylic acid groups (broad SMARTS) is 1. The van der Waals surface area contributed by atoms with Crippen molar-refractivity contribution in [2.75, 3.05) is 14.2 Å². The largest absolute Gasteiger partial charge is 0.497 e. The summed E-state index contributed by atoms with van der Waals surface area (Å²) in [6.07, 6.45) is 0. The monoisotopic (exact) mass is 534 g/mol. The first-order valence-electron chi connectivity index (χ1n) is 8.61. The first-order valence-corrected chi connectivity index (χ1v) is 10.2. The summed E-state index contributed by atoms with van der Waals surface area (Å²) in [5.41, 5.74) is 1.30. The van der Waals surface area contributed by atoms with Crippen LogP contribution in [0.3, 0.4) is 0 Å². The maximum absolute atomic E-state index is 12.4. The third-order valence-corrected chi connectivity index (χ3v) is 5.43. The van der Waals surface area contributed by atoms with Crippen molar-refractivity contribution in [3.05, 3.63) is 79.3 Å². The summed E-state index contributed by atoms with van der Waals surface area (Å²) in [5.74, 6) is 0.209. The molecule has 1 heterocycles. The van der Waals surface area contributed by atoms with E-state index in [1.54, 1.807) is 49.6 Å². The summed E-state index contributed by atoms with van der Waals surface area (Å²) in [4.78, 5) is 23.0. The normalized spacial score (nSPS) is 10.4. The molecule has 154 valence electrons. The third kappa shape index (κ3) is 4.66. The summed E-state index contributed by atoms with van der Waals surface area (Å²) >= 11 is 6.48. The fourth-order valence-electron chi connectivity index (χ4n) is 2.73. The van der Waals surface area contributed by atoms with Gasteiger partial charge in [-0.1, -0.05) is 15.9 Å². The molecular formula is C22H16Br2O6. The second kappa shape index (κ2) is 9.32. The Morgan fingerprint density at radius 2 is 1.43 bits per heavy atom. The zero-order chi connectivity index (χ0) is 21.8. The van der Waals surface area contributed by atoms with Gasteiger partial charge in [-0.05, 0) is 70.5 Å². The Morgan fingerprint density at radius 3 is 2.07 bits per heavy atom. The van der Waals surface area contributed by atoms with Gasteiger partial charge in [0.1, 0.15) is 22.7 Å². The van der Waals surface area contributed by atoms with E-state index in [0.717, 1.165) is 4.47 Å². The van der Waals surface area contributed by atoms with Crippen LogP contribution in [0.15, 0.2) is 72.8 Å². The number of ether oxygens (including phenoxy) is 2. The molecule has 0 aliphatic rings. The number of hydrogen-bond acceptors (Lipinski definition) is 5. The Bertz CT molecular complexity index is 1300. The predicted molar refractivity (Wildman–Crippen MR) is 122 cm³/mol. The number of hydrogen-bond donors (Lipinski definition) is 1. The molecule has 0 fully saturated rings. The molecule has 0 spiro atoms. The van der Waals surface area contributed by atoms with E-state index in [9.17, 15) is 9.59 Å². The highest BCUT2D eigenvalue weighted by Gasteiger charge is 2.09. The van der Waals surface area contributed by atoms with Crippen molar-refractivity contribution < 1.29 is 23.8 Å². The summed E-state index contributed by atoms with van der Waals surface area (Å²) in [6, 6.07) is 15.4. The van der Waals surface area contributed by atoms with Gasteiger partial charge >= 0.3 is 5.97 Å². The van der Waals surface area contributed by atoms with Crippen LogP contribution >= 0.6 is 31.9 Å². The van der Waals surface area contributed by atoms with Crippen molar-refractivity contribution >= 4 is 59.8 Å². The molecule has 1 N–H and O–H groups in total. The Hall–Kier alpha value is -2.84. The molecule has 6 nitrogen and oxygen atoms in total. The van der Waals surface area contributed by atoms with E-state index in [0.29, 0.717) is 37.9 Å². The van der Waals surface area contributed by atoms with Gasteiger partial charge in [-0.2, -0.15) is 0 Å². The van der Waals surface area contributed by atoms with Crippen molar-refractivity contribution in [2.45, 2.75) is 0 Å². The molecule has 4 aromatic rings. The summed E-state index contributed by atoms with van der Waals surface area (Å²) in [6.45, 7) is 0. The lowest BCUT2D eigenvalue weighted by Crippen LogP contribution is -2.02. The molecule has 0 saturated heterocycles. The number of aromatic carboxylic acids is 1. The van der Waals surface area contributed by atoms with E-state index in [1.807, 2.05) is 6.07 Å². The Morgan fingerprint density at radius 1 is 0.867 bits per heavy atom. The molecule has 0 unspecified atom stereocenters. The number of carbonyl (C=O) groups is 1. The summed E-state index contributed by atoms with van der Waals surface area (Å²) in [7, 11) is 3.06. The molecule has 30 heavy (non-hydrogen) atoms. The lowest BCUT2D eigenvalue weighted by Gasteiger charge is -2.04. The van der Waals surface area contributed by atoms with E-state index in [1.165, 1.54) is 13.2 Å². The molecular weight excluding hydrogens is 520 g/mol. The van der Waals surface area contributed by atoms with Crippen molar-refractivity contribution in [3.63, 3.8) is 0 Å². The van der Waals surface area contributed by atoms with Gasteiger partial charge in [-0.15, -0.1) is 0 Å². The lowest BCUT2D eigenvalue weighted by molar-refractivity contribution is 0.0695. The van der Waals surface area contributed by atoms with Crippen LogP contribution < -0.4 is 14.9 Å². The van der Waals surface area contributed by atoms with E-state index in [-0.39, 0.29) is 11.0 Å². The second-order valence-corrected chi connectivity index (χ2v) is 7.85. The highest BCUT2D eigenvalue weighted by atomic mass is 79.9. The molecule has 0 aliphatic heterocycles. The van der Waals surface area contributed by atoms with Gasteiger partial charge in [0.25, 0.3) is 0 Å². The van der Waals surface area contributed by atoms with Crippen LogP contribution in [0.25, 0.3) is 21.9 Å². The number of carboxylic acids is 1. The summed E-state index contributed by atoms with van der Waals surface area (Å²) < 4.78 is 17.1. The standard InChI is InChI=1S/C14H9BrO3.C8H7BrO3/c1-17-9-3-5-13-11(7-9)14(16)10-6-8(15)2-4-12(10)18-13;1-12-5-2-3-7(9)6(4-5)8(10)11/h2-7H,1H3;2-4H,1H3,(H,10,11). The molecule has 1 aromatic heterocycles. The minimum Gasteiger partial charge on any atom is -0.497 e. The van der Waals surface area contributed by atoms with Gasteiger partial charge in [0.2, 0.25) is 5.43 Å². The molecule has 0 radical (unpaired) electrons. The van der Waals surface area contributed by atoms with Crippen LogP contribution in [0.1, 0.15) is 10.4 Å². The van der Waals surface area contributed by atoms with Crippen LogP contribution in [0.2, 0.25) is 0 Å². The average molecular weight is 536 g/mol. The Balaban J connectivity index is 0.000000187. The van der Waals surface area contributed by atoms with Crippen molar-refractivity contribution in [3.8, 4) is 11.5 Å². The van der Waals surface area contributed by atoms with E-state index in [4.69, 9.17) is 19.0 Å². The average Bonchev–Trinajstić information content (AvgIpc) is 2.75. The minimum absolute atomic E-state index is 0.0496. The topological polar surface area (TPSA) is 86.0 Å². The van der Waals surface area contributed by atoms with E-state index < -0.39 is 5.97 Å². The Kier molecular flexibility index (Phi) is 6.79. The summed E-state index contributed by atoms with van der Waals surface area (Å²) in [5, 5.41) is 9.79. The van der Waals surface area contributed by atoms with Gasteiger partial charge in [-0.25, -0.2) is 4.79 Å². The maximum Gasteiger partial charge on any atom is 0.336 e. The molecule has 4 rings (SSSR count). The van der Waals surface area contributed by atoms with Crippen LogP contribution in [0.5, 0.6) is 11.5 Å². The van der Waals surface area contributed by atoms with Crippen LogP contribution in [-0.2, 0) is 0 Å². The van der Waals surface area contributed by atoms with Gasteiger partial charge in [0, 0.05) is 8.95 Å². The SMILES string of the molecule is COc1ccc(Br)c(C(=O)O)c1.COc1ccc2oc3ccc(Br)cc3c(=O)c2c1. The lowest BCUT2D eigenvalue weighted by atomic mass is 10.1. The number of benzene rings is 3. The Labute approximate surface area is 188 Å². The van der Waals surface area contributed by atoms with Crippen LogP contribution in [0.4, 0.5) is 0 Å². The fraction of sp³-hybridized carbons (Fsp3) is 0.0909. The molecule has 0 aliphatic carbocycles. The van der Waals surface area contributed by atoms with Crippen LogP contribution in [0, 0.1) is 0 Å². The highest BCUT2D eigenvalue weighted by molar-refractivity contribution is 9.10. The fourth-order valence-corrected chi connectivity index (χ4v) is 3.51. The quantitative estimate of drug-likeness (QED) is 0.330. The van der Waals surface area contributed by atoms with Crippen molar-refractivity contribution in [1.82, 2.24) is 0 Å². The molecule has 0 atom stereocenters. The first kappa shape index (κ1) is 21.9. The van der Waals surface area contributed by atoms with E-state index in [2.05, 4.69) is 31.9 Å². The number of halogens is 2. The van der Waals surface area contributed by atoms with Gasteiger partial charge < -0.3 is 19.0 Å². The number of methoxy groups -OCH3 is 2. The number of fused-ring (bicyclic) bond motifs is 2. The third-order valence-electron chi connectivity index (χ3n) is 4.24. The highest BCUT2D eigenvalue weighted by Crippen LogP contribution is 2.24. The van der Waals surface area contributed by atoms with E-state index >= 15 is 0 Å². The minimum atomic E-state index is -0.972. The second-order valence-electron chi connectivity index (χ2n) is 6.08. The maximum atomic E-state index is 12.4. The van der Waals surface area contributed by atoms with Crippen molar-refractivity contribution in [2.24, 2.45) is 0 Å².